The molecular formula is C19H16N2O. The predicted octanol–water partition coefficient (Wildman–Crippen LogP) is 3.99. The molecule has 0 atom stereocenters. The van der Waals surface area contributed by atoms with E-state index in [9.17, 15) is 4.79 Å². The number of hydrogen-bond donors (Lipinski definition) is 0. The van der Waals surface area contributed by atoms with Gasteiger partial charge >= 0.3 is 0 Å². The van der Waals surface area contributed by atoms with Gasteiger partial charge in [0, 0.05) is 11.1 Å². The van der Waals surface area contributed by atoms with Crippen molar-refractivity contribution in [3.05, 3.63) is 83.2 Å². The number of nitrogens with zero attached hydrogens (tertiary/aromatic N) is 2. The monoisotopic (exact) mass is 288 g/mol. The molecular weight excluding hydrogens is 272 g/mol. The van der Waals surface area contributed by atoms with Gasteiger partial charge in [0.2, 0.25) is 0 Å². The summed E-state index contributed by atoms with van der Waals surface area (Å²) >= 11 is 0. The van der Waals surface area contributed by atoms with Crippen LogP contribution >= 0.6 is 0 Å². The van der Waals surface area contributed by atoms with Gasteiger partial charge in [-0.3, -0.25) is 4.79 Å². The summed E-state index contributed by atoms with van der Waals surface area (Å²) in [6.45, 7) is 3.72. The Bertz CT molecular complexity index is 788. The van der Waals surface area contributed by atoms with Gasteiger partial charge < -0.3 is 0 Å². The molecule has 0 saturated carbocycles. The zero-order chi connectivity index (χ0) is 15.5. The van der Waals surface area contributed by atoms with Crippen molar-refractivity contribution in [3.63, 3.8) is 0 Å². The minimum absolute atomic E-state index is 0.0322. The van der Waals surface area contributed by atoms with E-state index in [1.807, 2.05) is 74.5 Å². The highest BCUT2D eigenvalue weighted by molar-refractivity contribution is 6.10. The molecule has 1 aromatic heterocycles. The number of benzene rings is 2. The van der Waals surface area contributed by atoms with Gasteiger partial charge in [0.05, 0.1) is 17.0 Å². The van der Waals surface area contributed by atoms with Crippen molar-refractivity contribution >= 4 is 5.78 Å². The number of aromatic nitrogens is 2. The molecule has 0 unspecified atom stereocenters. The van der Waals surface area contributed by atoms with E-state index >= 15 is 0 Å². The van der Waals surface area contributed by atoms with Gasteiger partial charge in [-0.1, -0.05) is 60.7 Å². The summed E-state index contributed by atoms with van der Waals surface area (Å²) < 4.78 is 0. The van der Waals surface area contributed by atoms with Gasteiger partial charge in [-0.15, -0.1) is 0 Å². The van der Waals surface area contributed by atoms with Crippen molar-refractivity contribution < 1.29 is 4.79 Å². The summed E-state index contributed by atoms with van der Waals surface area (Å²) in [4.78, 5) is 21.7. The van der Waals surface area contributed by atoms with Crippen LogP contribution in [0, 0.1) is 13.8 Å². The molecule has 0 aliphatic heterocycles. The Morgan fingerprint density at radius 3 is 1.82 bits per heavy atom. The summed E-state index contributed by atoms with van der Waals surface area (Å²) in [5, 5.41) is 0. The number of carbonyl (C=O) groups excluding carboxylic acids is 1. The SMILES string of the molecule is Cc1nc(-c2ccccc2)nc(C)c1C(=O)c1ccccc1. The van der Waals surface area contributed by atoms with Crippen molar-refractivity contribution in [2.75, 3.05) is 0 Å². The van der Waals surface area contributed by atoms with Crippen LogP contribution in [0.3, 0.4) is 0 Å². The fourth-order valence-electron chi connectivity index (χ4n) is 2.50. The first-order valence-electron chi connectivity index (χ1n) is 7.17. The Labute approximate surface area is 129 Å². The molecule has 3 nitrogen and oxygen atoms in total. The van der Waals surface area contributed by atoms with E-state index in [1.54, 1.807) is 0 Å². The Hall–Kier alpha value is -2.81. The molecule has 1 heterocycles. The van der Waals surface area contributed by atoms with E-state index in [1.165, 1.54) is 0 Å². The summed E-state index contributed by atoms with van der Waals surface area (Å²) in [6.07, 6.45) is 0. The lowest BCUT2D eigenvalue weighted by molar-refractivity contribution is 0.103. The van der Waals surface area contributed by atoms with Crippen LogP contribution in [0.4, 0.5) is 0 Å². The third kappa shape index (κ3) is 2.66. The molecule has 2 aromatic carbocycles. The summed E-state index contributed by atoms with van der Waals surface area (Å²) in [5.74, 6) is 0.621. The third-order valence-electron chi connectivity index (χ3n) is 3.57. The zero-order valence-electron chi connectivity index (χ0n) is 12.6. The van der Waals surface area contributed by atoms with Gasteiger partial charge in [0.25, 0.3) is 0 Å². The molecule has 0 saturated heterocycles. The first-order valence-corrected chi connectivity index (χ1v) is 7.17. The standard InChI is InChI=1S/C19H16N2O/c1-13-17(18(22)15-9-5-3-6-10-15)14(2)21-19(20-13)16-11-7-4-8-12-16/h3-12H,1-2H3. The number of rotatable bonds is 3. The molecule has 0 bridgehead atoms. The maximum atomic E-state index is 12.7. The van der Waals surface area contributed by atoms with Crippen LogP contribution in [0.1, 0.15) is 27.3 Å². The molecule has 108 valence electrons. The second-order valence-electron chi connectivity index (χ2n) is 5.15. The molecule has 22 heavy (non-hydrogen) atoms. The number of hydrogen-bond acceptors (Lipinski definition) is 3. The van der Waals surface area contributed by atoms with Gasteiger partial charge in [-0.2, -0.15) is 0 Å². The number of carbonyl (C=O) groups is 1. The van der Waals surface area contributed by atoms with Crippen molar-refractivity contribution in [2.24, 2.45) is 0 Å². The Balaban J connectivity index is 2.06. The average molecular weight is 288 g/mol. The summed E-state index contributed by atoms with van der Waals surface area (Å²) in [6, 6.07) is 19.0. The molecule has 0 fully saturated rings. The Morgan fingerprint density at radius 2 is 1.27 bits per heavy atom. The quantitative estimate of drug-likeness (QED) is 0.684. The lowest BCUT2D eigenvalue weighted by Gasteiger charge is -2.10. The third-order valence-corrected chi connectivity index (χ3v) is 3.57. The molecule has 0 N–H and O–H groups in total. The van der Waals surface area contributed by atoms with Crippen molar-refractivity contribution in [3.8, 4) is 11.4 Å². The van der Waals surface area contributed by atoms with Gasteiger partial charge in [0.15, 0.2) is 11.6 Å². The van der Waals surface area contributed by atoms with E-state index in [0.29, 0.717) is 28.3 Å². The van der Waals surface area contributed by atoms with E-state index in [-0.39, 0.29) is 5.78 Å². The Kier molecular flexibility index (Phi) is 3.79. The topological polar surface area (TPSA) is 42.9 Å². The van der Waals surface area contributed by atoms with Crippen LogP contribution in [0.5, 0.6) is 0 Å². The molecule has 0 amide bonds. The molecule has 0 radical (unpaired) electrons. The lowest BCUT2D eigenvalue weighted by atomic mass is 10.0. The predicted molar refractivity (Wildman–Crippen MR) is 86.8 cm³/mol. The van der Waals surface area contributed by atoms with E-state index in [4.69, 9.17) is 0 Å². The fraction of sp³-hybridized carbons (Fsp3) is 0.105. The summed E-state index contributed by atoms with van der Waals surface area (Å²) in [7, 11) is 0. The molecule has 3 heteroatoms. The molecule has 3 aromatic rings. The van der Waals surface area contributed by atoms with Crippen LogP contribution in [0.15, 0.2) is 60.7 Å². The maximum absolute atomic E-state index is 12.7. The van der Waals surface area contributed by atoms with Crippen LogP contribution in [-0.2, 0) is 0 Å². The minimum atomic E-state index is -0.0322. The first kappa shape index (κ1) is 14.1. The van der Waals surface area contributed by atoms with Crippen LogP contribution in [0.2, 0.25) is 0 Å². The van der Waals surface area contributed by atoms with Gasteiger partial charge in [-0.25, -0.2) is 9.97 Å². The van der Waals surface area contributed by atoms with Gasteiger partial charge in [0.1, 0.15) is 0 Å². The van der Waals surface area contributed by atoms with Crippen LogP contribution < -0.4 is 0 Å². The molecule has 0 spiro atoms. The highest BCUT2D eigenvalue weighted by atomic mass is 16.1. The fourth-order valence-corrected chi connectivity index (χ4v) is 2.50. The van der Waals surface area contributed by atoms with Crippen LogP contribution in [-0.4, -0.2) is 15.8 Å². The van der Waals surface area contributed by atoms with Crippen molar-refractivity contribution in [1.29, 1.82) is 0 Å². The maximum Gasteiger partial charge on any atom is 0.196 e. The average Bonchev–Trinajstić information content (AvgIpc) is 2.55. The molecule has 0 aliphatic rings. The first-order chi connectivity index (χ1) is 10.7. The lowest BCUT2D eigenvalue weighted by Crippen LogP contribution is -2.10. The molecule has 3 rings (SSSR count). The second-order valence-corrected chi connectivity index (χ2v) is 5.15. The van der Waals surface area contributed by atoms with Gasteiger partial charge in [-0.05, 0) is 13.8 Å². The second kappa shape index (κ2) is 5.90. The van der Waals surface area contributed by atoms with Crippen molar-refractivity contribution in [2.45, 2.75) is 13.8 Å². The smallest absolute Gasteiger partial charge is 0.196 e. The molecule has 0 aliphatic carbocycles. The largest absolute Gasteiger partial charge is 0.288 e. The van der Waals surface area contributed by atoms with E-state index < -0.39 is 0 Å². The number of aryl methyl sites for hydroxylation is 2. The van der Waals surface area contributed by atoms with Crippen LogP contribution in [0.25, 0.3) is 11.4 Å². The van der Waals surface area contributed by atoms with E-state index in [0.717, 1.165) is 5.56 Å². The zero-order valence-corrected chi connectivity index (χ0v) is 12.6. The Morgan fingerprint density at radius 1 is 0.773 bits per heavy atom. The minimum Gasteiger partial charge on any atom is -0.288 e. The highest BCUT2D eigenvalue weighted by Crippen LogP contribution is 2.20. The van der Waals surface area contributed by atoms with Crippen molar-refractivity contribution in [1.82, 2.24) is 9.97 Å². The highest BCUT2D eigenvalue weighted by Gasteiger charge is 2.17. The summed E-state index contributed by atoms with van der Waals surface area (Å²) in [5.41, 5.74) is 3.61. The normalized spacial score (nSPS) is 10.5. The van der Waals surface area contributed by atoms with E-state index in [2.05, 4.69) is 9.97 Å². The number of ketones is 1.